The normalized spacial score (nSPS) is 15.2. The van der Waals surface area contributed by atoms with E-state index in [0.29, 0.717) is 24.7 Å². The van der Waals surface area contributed by atoms with Crippen LogP contribution in [0.5, 0.6) is 11.5 Å². The summed E-state index contributed by atoms with van der Waals surface area (Å²) in [5, 5.41) is 6.04. The van der Waals surface area contributed by atoms with Crippen LogP contribution in [0.3, 0.4) is 0 Å². The maximum atomic E-state index is 12.4. The van der Waals surface area contributed by atoms with Gasteiger partial charge in [0.1, 0.15) is 24.7 Å². The first-order valence-corrected chi connectivity index (χ1v) is 10.9. The highest BCUT2D eigenvalue weighted by molar-refractivity contribution is 5.93. The van der Waals surface area contributed by atoms with Crippen LogP contribution >= 0.6 is 0 Å². The predicted molar refractivity (Wildman–Crippen MR) is 125 cm³/mol. The van der Waals surface area contributed by atoms with Gasteiger partial charge in [-0.15, -0.1) is 0 Å². The van der Waals surface area contributed by atoms with Gasteiger partial charge in [0, 0.05) is 30.1 Å². The Morgan fingerprint density at radius 1 is 0.906 bits per heavy atom. The number of ether oxygens (including phenoxy) is 3. The minimum absolute atomic E-state index is 0.143. The Bertz CT molecular complexity index is 1000. The summed E-state index contributed by atoms with van der Waals surface area (Å²) in [7, 11) is 0. The number of amides is 1. The Morgan fingerprint density at radius 3 is 2.44 bits per heavy atom. The van der Waals surface area contributed by atoms with Crippen LogP contribution in [0.1, 0.15) is 18.4 Å². The molecule has 2 N–H and O–H groups in total. The van der Waals surface area contributed by atoms with Crippen molar-refractivity contribution < 1.29 is 19.0 Å². The smallest absolute Gasteiger partial charge is 0.243 e. The molecule has 166 valence electrons. The first kappa shape index (κ1) is 21.7. The van der Waals surface area contributed by atoms with Crippen LogP contribution in [0.2, 0.25) is 0 Å². The molecule has 1 heterocycles. The molecular formula is C26H28N2O4. The average molecular weight is 433 g/mol. The third-order valence-electron chi connectivity index (χ3n) is 5.11. The fourth-order valence-electron chi connectivity index (χ4n) is 3.45. The second-order valence-electron chi connectivity index (χ2n) is 7.68. The lowest BCUT2D eigenvalue weighted by Crippen LogP contribution is -2.21. The summed E-state index contributed by atoms with van der Waals surface area (Å²) < 4.78 is 17.2. The third-order valence-corrected chi connectivity index (χ3v) is 5.11. The van der Waals surface area contributed by atoms with Gasteiger partial charge in [-0.05, 0) is 42.7 Å². The van der Waals surface area contributed by atoms with E-state index in [-0.39, 0.29) is 18.6 Å². The number of benzene rings is 3. The van der Waals surface area contributed by atoms with Gasteiger partial charge < -0.3 is 24.8 Å². The van der Waals surface area contributed by atoms with Gasteiger partial charge in [-0.2, -0.15) is 0 Å². The molecule has 0 aromatic heterocycles. The molecule has 0 bridgehead atoms. The van der Waals surface area contributed by atoms with Gasteiger partial charge in [-0.1, -0.05) is 42.5 Å². The molecule has 0 spiro atoms. The summed E-state index contributed by atoms with van der Waals surface area (Å²) in [5.41, 5.74) is 2.61. The zero-order valence-electron chi connectivity index (χ0n) is 18.0. The van der Waals surface area contributed by atoms with Crippen molar-refractivity contribution in [3.05, 3.63) is 84.4 Å². The maximum Gasteiger partial charge on any atom is 0.243 e. The van der Waals surface area contributed by atoms with Gasteiger partial charge >= 0.3 is 0 Å². The Kier molecular flexibility index (Phi) is 7.60. The zero-order chi connectivity index (χ0) is 22.0. The van der Waals surface area contributed by atoms with Crippen molar-refractivity contribution in [2.24, 2.45) is 0 Å². The molecular weight excluding hydrogens is 404 g/mol. The summed E-state index contributed by atoms with van der Waals surface area (Å²) in [6.07, 6.45) is 2.30. The monoisotopic (exact) mass is 432 g/mol. The summed E-state index contributed by atoms with van der Waals surface area (Å²) >= 11 is 0. The minimum atomic E-state index is -0.143. The highest BCUT2D eigenvalue weighted by atomic mass is 16.5. The number of hydrogen-bond donors (Lipinski definition) is 2. The van der Waals surface area contributed by atoms with E-state index in [1.54, 1.807) is 0 Å². The predicted octanol–water partition coefficient (Wildman–Crippen LogP) is 4.87. The van der Waals surface area contributed by atoms with E-state index in [1.165, 1.54) is 0 Å². The lowest BCUT2D eigenvalue weighted by Gasteiger charge is -2.13. The van der Waals surface area contributed by atoms with Crippen molar-refractivity contribution in [2.75, 3.05) is 30.4 Å². The summed E-state index contributed by atoms with van der Waals surface area (Å²) in [5.74, 6) is 1.32. The van der Waals surface area contributed by atoms with Gasteiger partial charge in [-0.25, -0.2) is 0 Å². The molecule has 3 aromatic carbocycles. The molecule has 1 atom stereocenters. The molecule has 1 aliphatic rings. The number of carbonyl (C=O) groups excluding carboxylic acids is 1. The van der Waals surface area contributed by atoms with Crippen molar-refractivity contribution in [2.45, 2.75) is 25.6 Å². The van der Waals surface area contributed by atoms with Crippen LogP contribution in [0.15, 0.2) is 78.9 Å². The van der Waals surface area contributed by atoms with E-state index < -0.39 is 0 Å². The molecule has 1 unspecified atom stereocenters. The maximum absolute atomic E-state index is 12.4. The Labute approximate surface area is 188 Å². The molecule has 0 saturated carbocycles. The first-order valence-electron chi connectivity index (χ1n) is 10.9. The van der Waals surface area contributed by atoms with Gasteiger partial charge in [0.15, 0.2) is 0 Å². The van der Waals surface area contributed by atoms with Gasteiger partial charge in [0.2, 0.25) is 5.91 Å². The Hall–Kier alpha value is -3.51. The topological polar surface area (TPSA) is 68.8 Å². The van der Waals surface area contributed by atoms with E-state index in [1.807, 2.05) is 78.9 Å². The number of nitrogens with one attached hydrogen (secondary N) is 2. The van der Waals surface area contributed by atoms with Crippen LogP contribution in [0, 0.1) is 0 Å². The molecule has 1 saturated heterocycles. The van der Waals surface area contributed by atoms with E-state index >= 15 is 0 Å². The van der Waals surface area contributed by atoms with Crippen molar-refractivity contribution in [1.82, 2.24) is 0 Å². The number of anilines is 2. The van der Waals surface area contributed by atoms with E-state index in [0.717, 1.165) is 36.4 Å². The Balaban J connectivity index is 1.23. The standard InChI is InChI=1S/C26H28N2O4/c29-26(17-27-21-9-4-11-23(15-21)32-19-25-13-6-14-30-25)28-22-10-5-12-24(16-22)31-18-20-7-2-1-3-8-20/h1-5,7-12,15-16,25,27H,6,13-14,17-19H2,(H,28,29). The van der Waals surface area contributed by atoms with Crippen LogP contribution < -0.4 is 20.1 Å². The number of hydrogen-bond acceptors (Lipinski definition) is 5. The summed E-state index contributed by atoms with van der Waals surface area (Å²) in [4.78, 5) is 12.4. The third kappa shape index (κ3) is 6.75. The lowest BCUT2D eigenvalue weighted by atomic mass is 10.2. The largest absolute Gasteiger partial charge is 0.491 e. The van der Waals surface area contributed by atoms with Gasteiger partial charge in [-0.3, -0.25) is 4.79 Å². The van der Waals surface area contributed by atoms with E-state index in [9.17, 15) is 4.79 Å². The second-order valence-corrected chi connectivity index (χ2v) is 7.68. The van der Waals surface area contributed by atoms with Crippen LogP contribution in [-0.4, -0.2) is 31.8 Å². The first-order chi connectivity index (χ1) is 15.7. The van der Waals surface area contributed by atoms with Crippen LogP contribution in [-0.2, 0) is 16.1 Å². The quantitative estimate of drug-likeness (QED) is 0.478. The highest BCUT2D eigenvalue weighted by Gasteiger charge is 2.16. The molecule has 6 heteroatoms. The highest BCUT2D eigenvalue weighted by Crippen LogP contribution is 2.21. The fraction of sp³-hybridized carbons (Fsp3) is 0.269. The SMILES string of the molecule is O=C(CNc1cccc(OCC2CCCO2)c1)Nc1cccc(OCc2ccccc2)c1. The number of rotatable bonds is 10. The van der Waals surface area contributed by atoms with Crippen LogP contribution in [0.4, 0.5) is 11.4 Å². The molecule has 6 nitrogen and oxygen atoms in total. The average Bonchev–Trinajstić information content (AvgIpc) is 3.35. The van der Waals surface area contributed by atoms with Crippen molar-refractivity contribution in [1.29, 1.82) is 0 Å². The zero-order valence-corrected chi connectivity index (χ0v) is 18.0. The number of carbonyl (C=O) groups is 1. The fourth-order valence-corrected chi connectivity index (χ4v) is 3.45. The van der Waals surface area contributed by atoms with E-state index in [2.05, 4.69) is 10.6 Å². The summed E-state index contributed by atoms with van der Waals surface area (Å²) in [6, 6.07) is 25.0. The minimum Gasteiger partial charge on any atom is -0.491 e. The molecule has 0 aliphatic carbocycles. The van der Waals surface area contributed by atoms with Crippen LogP contribution in [0.25, 0.3) is 0 Å². The van der Waals surface area contributed by atoms with Crippen molar-refractivity contribution in [3.8, 4) is 11.5 Å². The molecule has 1 fully saturated rings. The van der Waals surface area contributed by atoms with Gasteiger partial charge in [0.25, 0.3) is 0 Å². The van der Waals surface area contributed by atoms with Crippen molar-refractivity contribution >= 4 is 17.3 Å². The second kappa shape index (κ2) is 11.2. The molecule has 1 amide bonds. The van der Waals surface area contributed by atoms with Gasteiger partial charge in [0.05, 0.1) is 12.6 Å². The molecule has 4 rings (SSSR count). The molecule has 0 radical (unpaired) electrons. The Morgan fingerprint density at radius 2 is 1.66 bits per heavy atom. The molecule has 3 aromatic rings. The lowest BCUT2D eigenvalue weighted by molar-refractivity contribution is -0.114. The van der Waals surface area contributed by atoms with E-state index in [4.69, 9.17) is 14.2 Å². The molecule has 32 heavy (non-hydrogen) atoms. The van der Waals surface area contributed by atoms with Crippen molar-refractivity contribution in [3.63, 3.8) is 0 Å². The molecule has 1 aliphatic heterocycles. The summed E-state index contributed by atoms with van der Waals surface area (Å²) in [6.45, 7) is 1.98.